The summed E-state index contributed by atoms with van der Waals surface area (Å²) >= 11 is 0. The van der Waals surface area contributed by atoms with E-state index in [2.05, 4.69) is 42.3 Å². The number of hydrogen-bond acceptors (Lipinski definition) is 3. The molecule has 1 N–H and O–H groups in total. The maximum Gasteiger partial charge on any atom is 0.251 e. The Kier molecular flexibility index (Phi) is 6.07. The van der Waals surface area contributed by atoms with Gasteiger partial charge in [-0.15, -0.1) is 0 Å². The molecule has 1 fully saturated rings. The molecule has 4 nitrogen and oxygen atoms in total. The van der Waals surface area contributed by atoms with Gasteiger partial charge in [-0.05, 0) is 49.6 Å². The van der Waals surface area contributed by atoms with Crippen molar-refractivity contribution < 1.29 is 9.53 Å². The molecule has 0 saturated carbocycles. The fraction of sp³-hybridized carbons (Fsp3) is 0.409. The smallest absolute Gasteiger partial charge is 0.251 e. The van der Waals surface area contributed by atoms with Crippen molar-refractivity contribution in [2.75, 3.05) is 26.3 Å². The average Bonchev–Trinajstić information content (AvgIpc) is 2.63. The molecule has 2 aromatic carbocycles. The van der Waals surface area contributed by atoms with Gasteiger partial charge in [-0.25, -0.2) is 0 Å². The molecule has 1 atom stereocenters. The number of hydrogen-bond donors (Lipinski definition) is 1. The van der Waals surface area contributed by atoms with Crippen LogP contribution in [0, 0.1) is 13.8 Å². The lowest BCUT2D eigenvalue weighted by molar-refractivity contribution is 0.0342. The zero-order valence-electron chi connectivity index (χ0n) is 15.9. The van der Waals surface area contributed by atoms with Crippen LogP contribution in [0.1, 0.15) is 45.6 Å². The number of nitrogens with zero attached hydrogens (tertiary/aromatic N) is 1. The first-order chi connectivity index (χ1) is 12.5. The second kappa shape index (κ2) is 8.47. The SMILES string of the molecule is Cc1ccc(C(C)NC(=O)c2ccc(CN3CCOCC3)cc2)c(C)c1. The number of amides is 1. The molecular weight excluding hydrogens is 324 g/mol. The third-order valence-electron chi connectivity index (χ3n) is 4.97. The normalized spacial score (nSPS) is 16.3. The van der Waals surface area contributed by atoms with Crippen LogP contribution in [-0.4, -0.2) is 37.1 Å². The van der Waals surface area contributed by atoms with E-state index in [-0.39, 0.29) is 11.9 Å². The molecule has 138 valence electrons. The lowest BCUT2D eigenvalue weighted by Gasteiger charge is -2.26. The van der Waals surface area contributed by atoms with E-state index in [1.807, 2.05) is 31.2 Å². The first-order valence-corrected chi connectivity index (χ1v) is 9.30. The van der Waals surface area contributed by atoms with Crippen molar-refractivity contribution in [3.8, 4) is 0 Å². The molecule has 1 saturated heterocycles. The molecule has 2 aromatic rings. The summed E-state index contributed by atoms with van der Waals surface area (Å²) in [4.78, 5) is 14.9. The lowest BCUT2D eigenvalue weighted by atomic mass is 10.00. The molecule has 0 bridgehead atoms. The fourth-order valence-corrected chi connectivity index (χ4v) is 3.45. The van der Waals surface area contributed by atoms with Crippen molar-refractivity contribution in [2.24, 2.45) is 0 Å². The quantitative estimate of drug-likeness (QED) is 0.893. The highest BCUT2D eigenvalue weighted by Gasteiger charge is 2.14. The van der Waals surface area contributed by atoms with Crippen molar-refractivity contribution in [1.82, 2.24) is 10.2 Å². The molecule has 1 heterocycles. The largest absolute Gasteiger partial charge is 0.379 e. The van der Waals surface area contributed by atoms with Crippen LogP contribution in [0.4, 0.5) is 0 Å². The van der Waals surface area contributed by atoms with Gasteiger partial charge in [-0.2, -0.15) is 0 Å². The monoisotopic (exact) mass is 352 g/mol. The molecule has 0 aromatic heterocycles. The van der Waals surface area contributed by atoms with Gasteiger partial charge in [0.2, 0.25) is 0 Å². The second-order valence-corrected chi connectivity index (χ2v) is 7.14. The predicted molar refractivity (Wildman–Crippen MR) is 104 cm³/mol. The number of carbonyl (C=O) groups excluding carboxylic acids is 1. The first-order valence-electron chi connectivity index (χ1n) is 9.30. The zero-order chi connectivity index (χ0) is 18.5. The molecule has 4 heteroatoms. The minimum Gasteiger partial charge on any atom is -0.379 e. The molecule has 1 aliphatic heterocycles. The summed E-state index contributed by atoms with van der Waals surface area (Å²) in [7, 11) is 0. The van der Waals surface area contributed by atoms with E-state index in [1.165, 1.54) is 16.7 Å². The number of aryl methyl sites for hydroxylation is 2. The number of rotatable bonds is 5. The summed E-state index contributed by atoms with van der Waals surface area (Å²) in [5, 5.41) is 3.11. The number of nitrogens with one attached hydrogen (secondary N) is 1. The van der Waals surface area contributed by atoms with Gasteiger partial charge in [-0.1, -0.05) is 35.9 Å². The number of ether oxygens (including phenoxy) is 1. The topological polar surface area (TPSA) is 41.6 Å². The Morgan fingerprint density at radius 2 is 1.81 bits per heavy atom. The molecule has 1 unspecified atom stereocenters. The van der Waals surface area contributed by atoms with Crippen LogP contribution in [0.3, 0.4) is 0 Å². The van der Waals surface area contributed by atoms with Crippen LogP contribution in [0.5, 0.6) is 0 Å². The van der Waals surface area contributed by atoms with Gasteiger partial charge in [0.05, 0.1) is 19.3 Å². The van der Waals surface area contributed by atoms with Gasteiger partial charge >= 0.3 is 0 Å². The maximum absolute atomic E-state index is 12.6. The first kappa shape index (κ1) is 18.6. The highest BCUT2D eigenvalue weighted by Crippen LogP contribution is 2.19. The number of benzene rings is 2. The highest BCUT2D eigenvalue weighted by molar-refractivity contribution is 5.94. The van der Waals surface area contributed by atoms with Crippen LogP contribution in [0.25, 0.3) is 0 Å². The van der Waals surface area contributed by atoms with Crippen molar-refractivity contribution in [3.05, 3.63) is 70.3 Å². The summed E-state index contributed by atoms with van der Waals surface area (Å²) < 4.78 is 5.38. The minimum absolute atomic E-state index is 0.0175. The highest BCUT2D eigenvalue weighted by atomic mass is 16.5. The van der Waals surface area contributed by atoms with Crippen molar-refractivity contribution in [2.45, 2.75) is 33.4 Å². The van der Waals surface area contributed by atoms with Crippen molar-refractivity contribution in [1.29, 1.82) is 0 Å². The Bertz CT molecular complexity index is 749. The standard InChI is InChI=1S/C22H28N2O2/c1-16-4-9-21(17(2)14-16)18(3)23-22(25)20-7-5-19(6-8-20)15-24-10-12-26-13-11-24/h4-9,14,18H,10-13,15H2,1-3H3,(H,23,25). The van der Waals surface area contributed by atoms with Gasteiger partial charge in [0.25, 0.3) is 5.91 Å². The lowest BCUT2D eigenvalue weighted by Crippen LogP contribution is -2.35. The van der Waals surface area contributed by atoms with Crippen molar-refractivity contribution >= 4 is 5.91 Å². The summed E-state index contributed by atoms with van der Waals surface area (Å²) in [5.41, 5.74) is 5.53. The van der Waals surface area contributed by atoms with E-state index in [0.717, 1.165) is 38.4 Å². The zero-order valence-corrected chi connectivity index (χ0v) is 15.9. The van der Waals surface area contributed by atoms with Crippen molar-refractivity contribution in [3.63, 3.8) is 0 Å². The van der Waals surface area contributed by atoms with E-state index in [1.54, 1.807) is 0 Å². The van der Waals surface area contributed by atoms with E-state index in [4.69, 9.17) is 4.74 Å². The van der Waals surface area contributed by atoms with E-state index in [9.17, 15) is 4.79 Å². The summed E-state index contributed by atoms with van der Waals surface area (Å²) in [6.45, 7) is 10.6. The van der Waals surface area contributed by atoms with Crippen LogP contribution in [0.2, 0.25) is 0 Å². The summed E-state index contributed by atoms with van der Waals surface area (Å²) in [6.07, 6.45) is 0. The van der Waals surface area contributed by atoms with Crippen LogP contribution >= 0.6 is 0 Å². The number of carbonyl (C=O) groups is 1. The number of morpholine rings is 1. The van der Waals surface area contributed by atoms with Gasteiger partial charge in [0.15, 0.2) is 0 Å². The fourth-order valence-electron chi connectivity index (χ4n) is 3.45. The average molecular weight is 352 g/mol. The predicted octanol–water partition coefficient (Wildman–Crippen LogP) is 3.63. The van der Waals surface area contributed by atoms with Gasteiger partial charge in [0, 0.05) is 25.2 Å². The van der Waals surface area contributed by atoms with Gasteiger partial charge in [-0.3, -0.25) is 9.69 Å². The van der Waals surface area contributed by atoms with Crippen LogP contribution < -0.4 is 5.32 Å². The maximum atomic E-state index is 12.6. The third kappa shape index (κ3) is 4.71. The molecular formula is C22H28N2O2. The van der Waals surface area contributed by atoms with Crippen LogP contribution in [0.15, 0.2) is 42.5 Å². The Labute approximate surface area is 156 Å². The summed E-state index contributed by atoms with van der Waals surface area (Å²) in [6, 6.07) is 14.2. The van der Waals surface area contributed by atoms with Gasteiger partial charge in [0.1, 0.15) is 0 Å². The van der Waals surface area contributed by atoms with Gasteiger partial charge < -0.3 is 10.1 Å². The third-order valence-corrected chi connectivity index (χ3v) is 4.97. The van der Waals surface area contributed by atoms with E-state index in [0.29, 0.717) is 5.56 Å². The Morgan fingerprint density at radius 3 is 2.46 bits per heavy atom. The Hall–Kier alpha value is -2.17. The minimum atomic E-state index is -0.0320. The molecule has 1 amide bonds. The van der Waals surface area contributed by atoms with E-state index >= 15 is 0 Å². The molecule has 1 aliphatic rings. The van der Waals surface area contributed by atoms with Crippen LogP contribution in [-0.2, 0) is 11.3 Å². The molecule has 0 radical (unpaired) electrons. The molecule has 3 rings (SSSR count). The molecule has 0 spiro atoms. The summed E-state index contributed by atoms with van der Waals surface area (Å²) in [5.74, 6) is -0.0320. The van der Waals surface area contributed by atoms with E-state index < -0.39 is 0 Å². The Morgan fingerprint density at radius 1 is 1.12 bits per heavy atom. The Balaban J connectivity index is 1.60. The second-order valence-electron chi connectivity index (χ2n) is 7.14. The molecule has 26 heavy (non-hydrogen) atoms. The molecule has 0 aliphatic carbocycles.